The van der Waals surface area contributed by atoms with Crippen molar-refractivity contribution in [3.8, 4) is 22.9 Å². The van der Waals surface area contributed by atoms with Gasteiger partial charge in [0.25, 0.3) is 0 Å². The maximum atomic E-state index is 9.78. The van der Waals surface area contributed by atoms with Gasteiger partial charge in [-0.05, 0) is 72.9 Å². The second-order valence-corrected chi connectivity index (χ2v) is 8.24. The highest BCUT2D eigenvalue weighted by atomic mass is 32.1. The van der Waals surface area contributed by atoms with Crippen LogP contribution in [-0.2, 0) is 0 Å². The fourth-order valence-corrected chi connectivity index (χ4v) is 4.72. The first-order valence-corrected chi connectivity index (χ1v) is 11.2. The summed E-state index contributed by atoms with van der Waals surface area (Å²) in [5.74, 6) is 1.60. The topological polar surface area (TPSA) is 71.8 Å². The van der Waals surface area contributed by atoms with Gasteiger partial charge < -0.3 is 29.4 Å². The summed E-state index contributed by atoms with van der Waals surface area (Å²) in [6.45, 7) is 0. The Morgan fingerprint density at radius 1 is 0.971 bits per heavy atom. The molecule has 2 aromatic carbocycles. The minimum atomic E-state index is -0.243. The lowest BCUT2D eigenvalue weighted by Gasteiger charge is -2.30. The van der Waals surface area contributed by atoms with Crippen LogP contribution in [0, 0.1) is 0 Å². The van der Waals surface area contributed by atoms with E-state index < -0.39 is 0 Å². The number of phenols is 1. The van der Waals surface area contributed by atoms with E-state index in [-0.39, 0.29) is 17.8 Å². The van der Waals surface area contributed by atoms with Crippen molar-refractivity contribution in [2.45, 2.75) is 12.1 Å². The highest BCUT2D eigenvalue weighted by molar-refractivity contribution is 7.80. The number of methoxy groups -OCH3 is 2. The van der Waals surface area contributed by atoms with Gasteiger partial charge in [0.1, 0.15) is 23.3 Å². The molecule has 0 saturated carbocycles. The van der Waals surface area contributed by atoms with Crippen LogP contribution in [-0.4, -0.2) is 34.0 Å². The fourth-order valence-electron chi connectivity index (χ4n) is 4.38. The molecule has 34 heavy (non-hydrogen) atoms. The van der Waals surface area contributed by atoms with Crippen molar-refractivity contribution >= 4 is 23.0 Å². The largest absolute Gasteiger partial charge is 0.508 e. The molecular weight excluding hydrogens is 448 g/mol. The van der Waals surface area contributed by atoms with Gasteiger partial charge in [-0.2, -0.15) is 0 Å². The number of hydrogen-bond donors (Lipinski definition) is 2. The first kappa shape index (κ1) is 21.8. The summed E-state index contributed by atoms with van der Waals surface area (Å²) in [7, 11) is 3.28. The molecule has 0 radical (unpaired) electrons. The molecule has 172 valence electrons. The molecule has 0 aliphatic carbocycles. The van der Waals surface area contributed by atoms with Gasteiger partial charge in [0.15, 0.2) is 5.11 Å². The number of benzene rings is 2. The number of thiocarbonyl (C=S) groups is 1. The van der Waals surface area contributed by atoms with Gasteiger partial charge in [-0.15, -0.1) is 0 Å². The summed E-state index contributed by atoms with van der Waals surface area (Å²) in [5.41, 5.74) is 3.59. The third kappa shape index (κ3) is 3.82. The molecule has 2 aromatic heterocycles. The van der Waals surface area contributed by atoms with Gasteiger partial charge in [-0.1, -0.05) is 6.07 Å². The number of hydrogen-bond acceptors (Lipinski definition) is 5. The van der Waals surface area contributed by atoms with Gasteiger partial charge in [0.05, 0.1) is 31.6 Å². The third-order valence-corrected chi connectivity index (χ3v) is 6.27. The van der Waals surface area contributed by atoms with Crippen LogP contribution in [0.25, 0.3) is 5.69 Å². The smallest absolute Gasteiger partial charge is 0.174 e. The Balaban J connectivity index is 1.70. The highest BCUT2D eigenvalue weighted by Crippen LogP contribution is 2.46. The Morgan fingerprint density at radius 2 is 1.79 bits per heavy atom. The molecule has 2 atom stereocenters. The second kappa shape index (κ2) is 9.07. The molecule has 2 N–H and O–H groups in total. The molecule has 0 spiro atoms. The van der Waals surface area contributed by atoms with E-state index in [0.717, 1.165) is 22.8 Å². The molecule has 3 heterocycles. The van der Waals surface area contributed by atoms with Crippen LogP contribution < -0.4 is 19.7 Å². The van der Waals surface area contributed by atoms with Crippen molar-refractivity contribution in [3.63, 3.8) is 0 Å². The Hall–Kier alpha value is -4.04. The lowest BCUT2D eigenvalue weighted by atomic mass is 10.0. The molecule has 5 rings (SSSR count). The monoisotopic (exact) mass is 472 g/mol. The molecule has 1 fully saturated rings. The number of aromatic hydroxyl groups is 1. The van der Waals surface area contributed by atoms with Crippen LogP contribution in [0.2, 0.25) is 0 Å². The molecular formula is C26H24N4O3S. The van der Waals surface area contributed by atoms with E-state index in [1.165, 1.54) is 0 Å². The van der Waals surface area contributed by atoms with Crippen molar-refractivity contribution in [3.05, 3.63) is 96.6 Å². The van der Waals surface area contributed by atoms with Crippen molar-refractivity contribution < 1.29 is 14.6 Å². The number of aromatic nitrogens is 2. The van der Waals surface area contributed by atoms with E-state index in [2.05, 4.69) is 25.8 Å². The maximum Gasteiger partial charge on any atom is 0.174 e. The second-order valence-electron chi connectivity index (χ2n) is 7.85. The number of pyridine rings is 1. The molecule has 0 unspecified atom stereocenters. The van der Waals surface area contributed by atoms with Crippen molar-refractivity contribution in [2.75, 3.05) is 19.1 Å². The predicted octanol–water partition coefficient (Wildman–Crippen LogP) is 4.77. The molecule has 4 aromatic rings. The minimum absolute atomic E-state index is 0.213. The summed E-state index contributed by atoms with van der Waals surface area (Å²) in [4.78, 5) is 6.68. The molecule has 7 nitrogen and oxygen atoms in total. The van der Waals surface area contributed by atoms with Gasteiger partial charge in [0, 0.05) is 29.8 Å². The zero-order valence-electron chi connectivity index (χ0n) is 18.8. The zero-order valence-corrected chi connectivity index (χ0v) is 19.6. The molecule has 0 amide bonds. The Labute approximate surface area is 203 Å². The van der Waals surface area contributed by atoms with Gasteiger partial charge in [-0.3, -0.25) is 4.98 Å². The van der Waals surface area contributed by atoms with Crippen LogP contribution >= 0.6 is 12.2 Å². The quantitative estimate of drug-likeness (QED) is 0.392. The normalized spacial score (nSPS) is 17.5. The van der Waals surface area contributed by atoms with Crippen LogP contribution in [0.5, 0.6) is 17.2 Å². The number of anilines is 1. The summed E-state index contributed by atoms with van der Waals surface area (Å²) < 4.78 is 13.3. The van der Waals surface area contributed by atoms with Crippen molar-refractivity contribution in [2.24, 2.45) is 0 Å². The summed E-state index contributed by atoms with van der Waals surface area (Å²) in [5, 5.41) is 13.8. The summed E-state index contributed by atoms with van der Waals surface area (Å²) in [6.07, 6.45) is 3.78. The number of ether oxygens (including phenoxy) is 2. The Bertz CT molecular complexity index is 1310. The first-order valence-electron chi connectivity index (χ1n) is 10.8. The molecule has 1 aliphatic rings. The van der Waals surface area contributed by atoms with Crippen molar-refractivity contribution in [1.29, 1.82) is 0 Å². The van der Waals surface area contributed by atoms with Gasteiger partial charge >= 0.3 is 0 Å². The standard InChI is InChI=1S/C26H24N4O3S/c1-32-19-12-13-23(33-2)22(16-19)30-25(24(28-26(30)34)20-6-3-4-14-27-20)21-7-5-15-29(21)17-8-10-18(31)11-9-17/h3-16,24-25,31H,1-2H3,(H,28,34)/t24-,25-/m0/s1. The predicted molar refractivity (Wildman–Crippen MR) is 135 cm³/mol. The number of nitrogens with one attached hydrogen (secondary N) is 1. The van der Waals surface area contributed by atoms with E-state index in [1.54, 1.807) is 32.5 Å². The van der Waals surface area contributed by atoms with E-state index in [4.69, 9.17) is 21.7 Å². The van der Waals surface area contributed by atoms with E-state index >= 15 is 0 Å². The number of nitrogens with zero attached hydrogens (tertiary/aromatic N) is 3. The van der Waals surface area contributed by atoms with E-state index in [9.17, 15) is 5.11 Å². The third-order valence-electron chi connectivity index (χ3n) is 5.95. The van der Waals surface area contributed by atoms with E-state index in [1.807, 2.05) is 60.8 Å². The first-order chi connectivity index (χ1) is 16.6. The molecule has 8 heteroatoms. The fraction of sp³-hybridized carbons (Fsp3) is 0.154. The molecule has 0 bridgehead atoms. The minimum Gasteiger partial charge on any atom is -0.508 e. The summed E-state index contributed by atoms with van der Waals surface area (Å²) in [6, 6.07) is 22.3. The number of phenolic OH excluding ortho intramolecular Hbond substituents is 1. The SMILES string of the molecule is COc1ccc(OC)c(N2C(=S)N[C@@H](c3ccccn3)[C@@H]2c2cccn2-c2ccc(O)cc2)c1. The summed E-state index contributed by atoms with van der Waals surface area (Å²) >= 11 is 5.86. The van der Waals surface area contributed by atoms with Gasteiger partial charge in [-0.25, -0.2) is 0 Å². The average molecular weight is 473 g/mol. The van der Waals surface area contributed by atoms with Crippen LogP contribution in [0.4, 0.5) is 5.69 Å². The van der Waals surface area contributed by atoms with E-state index in [0.29, 0.717) is 16.6 Å². The maximum absolute atomic E-state index is 9.78. The molecule has 1 aliphatic heterocycles. The Kier molecular flexibility index (Phi) is 5.81. The lowest BCUT2D eigenvalue weighted by Crippen LogP contribution is -2.30. The highest BCUT2D eigenvalue weighted by Gasteiger charge is 2.43. The zero-order chi connectivity index (χ0) is 23.7. The van der Waals surface area contributed by atoms with Crippen LogP contribution in [0.3, 0.4) is 0 Å². The average Bonchev–Trinajstić information content (AvgIpc) is 3.49. The molecule has 1 saturated heterocycles. The number of rotatable bonds is 6. The van der Waals surface area contributed by atoms with Crippen LogP contribution in [0.15, 0.2) is 85.2 Å². The van der Waals surface area contributed by atoms with Crippen LogP contribution in [0.1, 0.15) is 23.5 Å². The lowest BCUT2D eigenvalue weighted by molar-refractivity contribution is 0.402. The van der Waals surface area contributed by atoms with Gasteiger partial charge in [0.2, 0.25) is 0 Å². The van der Waals surface area contributed by atoms with Crippen molar-refractivity contribution in [1.82, 2.24) is 14.9 Å². The Morgan fingerprint density at radius 3 is 2.50 bits per heavy atom.